The zero-order valence-corrected chi connectivity index (χ0v) is 31.9. The van der Waals surface area contributed by atoms with Crippen LogP contribution in [0.1, 0.15) is 193 Å². The third kappa shape index (κ3) is 31.0. The molecule has 0 aliphatic rings. The molecule has 0 saturated heterocycles. The summed E-state index contributed by atoms with van der Waals surface area (Å²) in [6, 6.07) is 0. The van der Waals surface area contributed by atoms with Crippen LogP contribution in [0.3, 0.4) is 0 Å². The fourth-order valence-corrected chi connectivity index (χ4v) is 5.41. The van der Waals surface area contributed by atoms with Crippen LogP contribution in [-0.4, -0.2) is 9.97 Å². The van der Waals surface area contributed by atoms with Crippen LogP contribution in [0.5, 0.6) is 0 Å². The quantitative estimate of drug-likeness (QED) is 0.102. The second-order valence-corrected chi connectivity index (χ2v) is 12.5. The number of halogens is 2. The number of aromatic amines is 2. The molecule has 262 valence electrons. The number of unbranched alkanes of at least 4 members (excludes halogenated alkanes) is 21. The van der Waals surface area contributed by atoms with Crippen LogP contribution >= 0.6 is 0 Å². The van der Waals surface area contributed by atoms with E-state index in [2.05, 4.69) is 73.0 Å². The number of H-pyrrole nitrogens is 2. The van der Waals surface area contributed by atoms with Gasteiger partial charge in [-0.25, -0.2) is 19.1 Å². The van der Waals surface area contributed by atoms with Crippen LogP contribution in [0, 0.1) is 13.8 Å². The summed E-state index contributed by atoms with van der Waals surface area (Å²) in [6.45, 7) is 15.7. The van der Waals surface area contributed by atoms with E-state index in [-0.39, 0.29) is 24.8 Å². The van der Waals surface area contributed by atoms with Crippen molar-refractivity contribution in [1.29, 1.82) is 0 Å². The lowest BCUT2D eigenvalue weighted by Gasteiger charge is -2.01. The summed E-state index contributed by atoms with van der Waals surface area (Å²) in [5.41, 5.74) is 0. The predicted octanol–water partition coefficient (Wildman–Crippen LogP) is 5.66. The second kappa shape index (κ2) is 38.2. The second-order valence-electron chi connectivity index (χ2n) is 12.5. The van der Waals surface area contributed by atoms with Gasteiger partial charge in [-0.1, -0.05) is 156 Å². The van der Waals surface area contributed by atoms with E-state index in [0.29, 0.717) is 0 Å². The maximum absolute atomic E-state index is 3.21. The van der Waals surface area contributed by atoms with Gasteiger partial charge in [-0.2, -0.15) is 0 Å². The highest BCUT2D eigenvalue weighted by Gasteiger charge is 2.04. The van der Waals surface area contributed by atoms with Crippen molar-refractivity contribution in [3.63, 3.8) is 0 Å². The molecule has 0 saturated carbocycles. The van der Waals surface area contributed by atoms with Crippen LogP contribution < -0.4 is 33.9 Å². The Kier molecular flexibility index (Phi) is 41.1. The highest BCUT2D eigenvalue weighted by Crippen LogP contribution is 2.10. The highest BCUT2D eigenvalue weighted by molar-refractivity contribution is 4.71. The molecule has 0 aliphatic heterocycles. The van der Waals surface area contributed by atoms with Gasteiger partial charge in [0.05, 0.1) is 13.1 Å². The van der Waals surface area contributed by atoms with Crippen molar-refractivity contribution in [3.8, 4) is 0 Å². The van der Waals surface area contributed by atoms with E-state index in [9.17, 15) is 0 Å². The highest BCUT2D eigenvalue weighted by atomic mass is 35.5. The molecule has 2 N–H and O–H groups in total. The lowest BCUT2D eigenvalue weighted by atomic mass is 10.1. The van der Waals surface area contributed by atoms with Crippen LogP contribution in [0.15, 0.2) is 24.8 Å². The van der Waals surface area contributed by atoms with E-state index < -0.39 is 0 Å². The van der Waals surface area contributed by atoms with E-state index in [4.69, 9.17) is 0 Å². The van der Waals surface area contributed by atoms with Crippen molar-refractivity contribution in [2.75, 3.05) is 0 Å². The minimum Gasteiger partial charge on any atom is -1.00 e. The lowest BCUT2D eigenvalue weighted by molar-refractivity contribution is -0.702. The van der Waals surface area contributed by atoms with E-state index >= 15 is 0 Å². The van der Waals surface area contributed by atoms with Crippen molar-refractivity contribution >= 4 is 0 Å². The van der Waals surface area contributed by atoms with E-state index in [0.717, 1.165) is 0 Å². The van der Waals surface area contributed by atoms with Gasteiger partial charge in [-0.05, 0) is 25.7 Å². The maximum Gasteiger partial charge on any atom is 0.251 e. The summed E-state index contributed by atoms with van der Waals surface area (Å²) in [7, 11) is 0. The van der Waals surface area contributed by atoms with Gasteiger partial charge in [0.25, 0.3) is 11.6 Å². The number of rotatable bonds is 25. The molecule has 0 fully saturated rings. The predicted molar refractivity (Wildman–Crippen MR) is 185 cm³/mol. The summed E-state index contributed by atoms with van der Waals surface area (Å²) >= 11 is 0. The molecule has 0 amide bonds. The van der Waals surface area contributed by atoms with Gasteiger partial charge in [0.1, 0.15) is 24.8 Å². The molecule has 0 aromatic carbocycles. The first kappa shape index (κ1) is 47.4. The molecular weight excluding hydrogens is 583 g/mol. The maximum atomic E-state index is 3.21. The minimum absolute atomic E-state index is 0. The molecule has 0 radical (unpaired) electrons. The first-order chi connectivity index (χ1) is 20.6. The largest absolute Gasteiger partial charge is 1.00 e. The molecule has 0 spiro atoms. The first-order valence-electron chi connectivity index (χ1n) is 18.7. The molecule has 2 aromatic heterocycles. The molecule has 6 heteroatoms. The average molecular weight is 660 g/mol. The Morgan fingerprint density at radius 3 is 0.818 bits per heavy atom. The minimum atomic E-state index is 0. The van der Waals surface area contributed by atoms with Crippen molar-refractivity contribution in [3.05, 3.63) is 36.4 Å². The zero-order chi connectivity index (χ0) is 30.9. The number of imidazole rings is 2. The van der Waals surface area contributed by atoms with Crippen molar-refractivity contribution < 1.29 is 33.9 Å². The zero-order valence-electron chi connectivity index (χ0n) is 30.3. The number of nitrogens with one attached hydrogen (secondary N) is 2. The van der Waals surface area contributed by atoms with Crippen LogP contribution in [-0.2, 0) is 13.1 Å². The Morgan fingerprint density at radius 2 is 0.614 bits per heavy atom. The number of aryl methyl sites for hydroxylation is 4. The Balaban J connectivity index is -0.000000577. The number of aromatic nitrogens is 4. The Labute approximate surface area is 288 Å². The number of hydrogen-bond acceptors (Lipinski definition) is 0. The molecule has 4 nitrogen and oxygen atoms in total. The molecule has 44 heavy (non-hydrogen) atoms. The Bertz CT molecular complexity index is 710. The van der Waals surface area contributed by atoms with Gasteiger partial charge in [-0.15, -0.1) is 0 Å². The fraction of sp³-hybridized carbons (Fsp3) is 0.842. The monoisotopic (exact) mass is 659 g/mol. The SMILES string of the molecule is CCCCCCCCCC.CCCCCCCCCC[n+]1cc[nH]c1C.CCCCCCCCCC[n+]1cc[nH]c1C.[Cl-].[Cl-]. The van der Waals surface area contributed by atoms with E-state index in [1.54, 1.807) is 0 Å². The lowest BCUT2D eigenvalue weighted by Crippen LogP contribution is -3.00. The van der Waals surface area contributed by atoms with Gasteiger partial charge in [-0.3, -0.25) is 0 Å². The van der Waals surface area contributed by atoms with Crippen LogP contribution in [0.4, 0.5) is 0 Å². The van der Waals surface area contributed by atoms with Crippen molar-refractivity contribution in [2.24, 2.45) is 0 Å². The third-order valence-electron chi connectivity index (χ3n) is 8.42. The van der Waals surface area contributed by atoms with Crippen LogP contribution in [0.2, 0.25) is 0 Å². The topological polar surface area (TPSA) is 39.3 Å². The van der Waals surface area contributed by atoms with Gasteiger partial charge in [0, 0.05) is 13.8 Å². The van der Waals surface area contributed by atoms with Crippen LogP contribution in [0.25, 0.3) is 0 Å². The van der Waals surface area contributed by atoms with E-state index in [1.807, 2.05) is 12.4 Å². The molecule has 2 aromatic rings. The summed E-state index contributed by atoms with van der Waals surface area (Å²) in [4.78, 5) is 6.41. The Hall–Kier alpha value is -1.00. The standard InChI is InChI=1S/2C14H26N2.C10H22.2ClH/c2*1-3-4-5-6-7-8-9-10-12-16-13-11-15-14(16)2;1-3-5-7-9-10-8-6-4-2;;/h2*11,13H,3-10,12H2,1-2H3;3-10H2,1-2H3;2*1H. The van der Waals surface area contributed by atoms with Gasteiger partial charge >= 0.3 is 0 Å². The molecule has 0 aliphatic carbocycles. The molecule has 2 rings (SSSR count). The summed E-state index contributed by atoms with van der Waals surface area (Å²) in [6.07, 6.45) is 42.1. The van der Waals surface area contributed by atoms with Gasteiger partial charge in [0.2, 0.25) is 0 Å². The Morgan fingerprint density at radius 1 is 0.386 bits per heavy atom. The molecule has 0 bridgehead atoms. The van der Waals surface area contributed by atoms with Gasteiger partial charge in [0.15, 0.2) is 0 Å². The number of hydrogen-bond donors (Lipinski definition) is 2. The first-order valence-corrected chi connectivity index (χ1v) is 18.7. The summed E-state index contributed by atoms with van der Waals surface area (Å²) < 4.78 is 4.61. The molecule has 0 unspecified atom stereocenters. The normalized spacial score (nSPS) is 10.2. The van der Waals surface area contributed by atoms with Crippen molar-refractivity contribution in [2.45, 2.75) is 209 Å². The van der Waals surface area contributed by atoms with Gasteiger partial charge < -0.3 is 24.8 Å². The van der Waals surface area contributed by atoms with Crippen molar-refractivity contribution in [1.82, 2.24) is 9.97 Å². The fourth-order valence-electron chi connectivity index (χ4n) is 5.41. The molecule has 0 atom stereocenters. The van der Waals surface area contributed by atoms with E-state index in [1.165, 1.54) is 179 Å². The smallest absolute Gasteiger partial charge is 0.251 e. The molecular formula is C38H76Cl2N4. The molecule has 2 heterocycles. The average Bonchev–Trinajstić information content (AvgIpc) is 3.61. The third-order valence-corrected chi connectivity index (χ3v) is 8.42. The summed E-state index contributed by atoms with van der Waals surface area (Å²) in [5, 5.41) is 0. The summed E-state index contributed by atoms with van der Waals surface area (Å²) in [5.74, 6) is 2.53. The number of nitrogens with zero attached hydrogens (tertiary/aromatic N) is 2.